The first-order chi connectivity index (χ1) is 6.82. The van der Waals surface area contributed by atoms with Crippen molar-refractivity contribution in [3.8, 4) is 0 Å². The number of rotatable bonds is 2. The molecule has 0 fully saturated rings. The van der Waals surface area contributed by atoms with Gasteiger partial charge in [0.1, 0.15) is 5.69 Å². The summed E-state index contributed by atoms with van der Waals surface area (Å²) in [5, 5.41) is 0. The van der Waals surface area contributed by atoms with Crippen molar-refractivity contribution < 1.29 is 4.79 Å². The molecular weight excluding hydrogens is 186 g/mol. The molecule has 0 N–H and O–H groups in total. The van der Waals surface area contributed by atoms with Gasteiger partial charge in [0.2, 0.25) is 0 Å². The fourth-order valence-electron chi connectivity index (χ4n) is 1.33. The summed E-state index contributed by atoms with van der Waals surface area (Å²) < 4.78 is 0. The highest BCUT2D eigenvalue weighted by Crippen LogP contribution is 2.22. The van der Waals surface area contributed by atoms with E-state index in [0.29, 0.717) is 5.69 Å². The zero-order valence-corrected chi connectivity index (χ0v) is 10.2. The smallest absolute Gasteiger partial charge is 0.183 e. The Balaban J connectivity index is 3.09. The maximum absolute atomic E-state index is 11.8. The van der Waals surface area contributed by atoms with E-state index in [9.17, 15) is 4.79 Å². The average molecular weight is 205 g/mol. The molecule has 0 atom stereocenters. The summed E-state index contributed by atoms with van der Waals surface area (Å²) in [5.74, 6) is 0.119. The number of pyridine rings is 1. The van der Waals surface area contributed by atoms with Crippen molar-refractivity contribution in [1.29, 1.82) is 0 Å². The van der Waals surface area contributed by atoms with Gasteiger partial charge in [0, 0.05) is 12.1 Å². The van der Waals surface area contributed by atoms with Crippen LogP contribution in [0.4, 0.5) is 0 Å². The normalized spacial score (nSPS) is 11.9. The van der Waals surface area contributed by atoms with E-state index in [4.69, 9.17) is 0 Å². The summed E-state index contributed by atoms with van der Waals surface area (Å²) in [6.07, 6.45) is 1.72. The van der Waals surface area contributed by atoms with Gasteiger partial charge >= 0.3 is 0 Å². The van der Waals surface area contributed by atoms with E-state index in [1.165, 1.54) is 0 Å². The molecule has 1 rings (SSSR count). The molecule has 0 aromatic carbocycles. The van der Waals surface area contributed by atoms with Gasteiger partial charge in [0.05, 0.1) is 0 Å². The predicted octanol–water partition coefficient (Wildman–Crippen LogP) is 3.22. The van der Waals surface area contributed by atoms with Crippen LogP contribution >= 0.6 is 0 Å². The van der Waals surface area contributed by atoms with Crippen molar-refractivity contribution >= 4 is 5.78 Å². The molecule has 1 heterocycles. The molecular formula is C13H19NO. The Hall–Kier alpha value is -1.18. The Morgan fingerprint density at radius 2 is 1.93 bits per heavy atom. The zero-order valence-electron chi connectivity index (χ0n) is 10.2. The Morgan fingerprint density at radius 3 is 2.40 bits per heavy atom. The van der Waals surface area contributed by atoms with E-state index >= 15 is 0 Å². The highest BCUT2D eigenvalue weighted by atomic mass is 16.1. The summed E-state index contributed by atoms with van der Waals surface area (Å²) >= 11 is 0. The summed E-state index contributed by atoms with van der Waals surface area (Å²) in [6, 6.07) is 3.87. The second-order valence-electron chi connectivity index (χ2n) is 5.20. The first-order valence-corrected chi connectivity index (χ1v) is 5.33. The van der Waals surface area contributed by atoms with Crippen molar-refractivity contribution in [2.45, 2.75) is 40.0 Å². The van der Waals surface area contributed by atoms with Crippen LogP contribution in [0.3, 0.4) is 0 Å². The second kappa shape index (κ2) is 4.13. The van der Waals surface area contributed by atoms with Gasteiger partial charge in [-0.2, -0.15) is 0 Å². The third-order valence-electron chi connectivity index (χ3n) is 2.40. The lowest BCUT2D eigenvalue weighted by Crippen LogP contribution is -2.15. The molecule has 15 heavy (non-hydrogen) atoms. The zero-order chi connectivity index (χ0) is 11.6. The fraction of sp³-hybridized carbons (Fsp3) is 0.538. The van der Waals surface area contributed by atoms with Gasteiger partial charge in [-0.15, -0.1) is 0 Å². The van der Waals surface area contributed by atoms with Crippen LogP contribution in [0.15, 0.2) is 18.3 Å². The minimum Gasteiger partial charge on any atom is -0.292 e. The fourth-order valence-corrected chi connectivity index (χ4v) is 1.33. The number of hydrogen-bond donors (Lipinski definition) is 0. The lowest BCUT2D eigenvalue weighted by Gasteiger charge is -2.19. The molecule has 0 saturated heterocycles. The van der Waals surface area contributed by atoms with E-state index in [0.717, 1.165) is 5.56 Å². The third kappa shape index (κ3) is 2.88. The monoisotopic (exact) mass is 205 g/mol. The SMILES string of the molecule is CC(C)C(=O)c1cc(C(C)(C)C)ccn1. The molecule has 0 aliphatic rings. The van der Waals surface area contributed by atoms with Crippen LogP contribution in [0.2, 0.25) is 0 Å². The highest BCUT2D eigenvalue weighted by Gasteiger charge is 2.17. The van der Waals surface area contributed by atoms with Crippen LogP contribution in [0, 0.1) is 5.92 Å². The molecule has 0 spiro atoms. The van der Waals surface area contributed by atoms with Gasteiger partial charge in [0.15, 0.2) is 5.78 Å². The number of carbonyl (C=O) groups excluding carboxylic acids is 1. The Kier molecular flexibility index (Phi) is 3.28. The molecule has 0 amide bonds. The van der Waals surface area contributed by atoms with Crippen LogP contribution < -0.4 is 0 Å². The van der Waals surface area contributed by atoms with Crippen molar-refractivity contribution in [2.24, 2.45) is 5.92 Å². The molecule has 1 aromatic rings. The summed E-state index contributed by atoms with van der Waals surface area (Å²) in [5.41, 5.74) is 1.80. The van der Waals surface area contributed by atoms with Crippen molar-refractivity contribution in [2.75, 3.05) is 0 Å². The van der Waals surface area contributed by atoms with E-state index < -0.39 is 0 Å². The van der Waals surface area contributed by atoms with Gasteiger partial charge in [-0.05, 0) is 23.1 Å². The van der Waals surface area contributed by atoms with Crippen LogP contribution in [0.1, 0.15) is 50.7 Å². The highest BCUT2D eigenvalue weighted by molar-refractivity contribution is 5.95. The summed E-state index contributed by atoms with van der Waals surface area (Å²) in [6.45, 7) is 10.2. The average Bonchev–Trinajstić information content (AvgIpc) is 2.15. The largest absolute Gasteiger partial charge is 0.292 e. The van der Waals surface area contributed by atoms with E-state index in [1.807, 2.05) is 26.0 Å². The molecule has 1 aromatic heterocycles. The molecule has 0 aliphatic heterocycles. The number of Topliss-reactive ketones (excluding diaryl/α,β-unsaturated/α-hetero) is 1. The minimum atomic E-state index is 0.00715. The molecule has 2 nitrogen and oxygen atoms in total. The maximum atomic E-state index is 11.8. The van der Waals surface area contributed by atoms with Crippen LogP contribution in [-0.4, -0.2) is 10.8 Å². The van der Waals surface area contributed by atoms with Gasteiger partial charge in [-0.3, -0.25) is 9.78 Å². The molecule has 0 bridgehead atoms. The third-order valence-corrected chi connectivity index (χ3v) is 2.40. The molecule has 0 radical (unpaired) electrons. The number of nitrogens with zero attached hydrogens (tertiary/aromatic N) is 1. The Morgan fingerprint density at radius 1 is 1.33 bits per heavy atom. The summed E-state index contributed by atoms with van der Waals surface area (Å²) in [7, 11) is 0. The number of carbonyl (C=O) groups is 1. The van der Waals surface area contributed by atoms with Crippen LogP contribution in [0.5, 0.6) is 0 Å². The van der Waals surface area contributed by atoms with Gasteiger partial charge in [-0.25, -0.2) is 0 Å². The topological polar surface area (TPSA) is 30.0 Å². The first-order valence-electron chi connectivity index (χ1n) is 5.33. The molecule has 82 valence electrons. The van der Waals surface area contributed by atoms with E-state index in [-0.39, 0.29) is 17.1 Å². The second-order valence-corrected chi connectivity index (χ2v) is 5.20. The van der Waals surface area contributed by atoms with E-state index in [1.54, 1.807) is 6.20 Å². The Bertz CT molecular complexity index is 361. The van der Waals surface area contributed by atoms with Crippen molar-refractivity contribution in [1.82, 2.24) is 4.98 Å². The molecule has 0 saturated carbocycles. The van der Waals surface area contributed by atoms with Gasteiger partial charge in [0.25, 0.3) is 0 Å². The van der Waals surface area contributed by atoms with Crippen molar-refractivity contribution in [3.05, 3.63) is 29.6 Å². The van der Waals surface area contributed by atoms with Crippen LogP contribution in [-0.2, 0) is 5.41 Å². The standard InChI is InChI=1S/C13H19NO/c1-9(2)12(15)11-8-10(6-7-14-11)13(3,4)5/h6-9H,1-5H3. The number of aromatic nitrogens is 1. The summed E-state index contributed by atoms with van der Waals surface area (Å²) in [4.78, 5) is 15.9. The lowest BCUT2D eigenvalue weighted by molar-refractivity contribution is 0.0934. The quantitative estimate of drug-likeness (QED) is 0.694. The lowest BCUT2D eigenvalue weighted by atomic mass is 9.87. The maximum Gasteiger partial charge on any atom is 0.183 e. The van der Waals surface area contributed by atoms with Gasteiger partial charge < -0.3 is 0 Å². The number of ketones is 1. The van der Waals surface area contributed by atoms with Crippen LogP contribution in [0.25, 0.3) is 0 Å². The first kappa shape index (κ1) is 11.9. The Labute approximate surface area is 91.7 Å². The number of hydrogen-bond acceptors (Lipinski definition) is 2. The molecule has 0 aliphatic carbocycles. The predicted molar refractivity (Wildman–Crippen MR) is 62.1 cm³/mol. The van der Waals surface area contributed by atoms with E-state index in [2.05, 4.69) is 25.8 Å². The van der Waals surface area contributed by atoms with Gasteiger partial charge in [-0.1, -0.05) is 34.6 Å². The molecule has 2 heteroatoms. The molecule has 0 unspecified atom stereocenters. The minimum absolute atomic E-state index is 0.00715. The van der Waals surface area contributed by atoms with Crippen molar-refractivity contribution in [3.63, 3.8) is 0 Å².